The summed E-state index contributed by atoms with van der Waals surface area (Å²) in [6.07, 6.45) is 8.31. The second kappa shape index (κ2) is 3.21. The minimum Gasteiger partial charge on any atom is -0.396 e. The zero-order valence-corrected chi connectivity index (χ0v) is 8.74. The van der Waals surface area contributed by atoms with Crippen LogP contribution < -0.4 is 0 Å². The molecule has 80 valence electrons. The van der Waals surface area contributed by atoms with Crippen LogP contribution in [0.5, 0.6) is 0 Å². The lowest BCUT2D eigenvalue weighted by molar-refractivity contribution is -0.237. The van der Waals surface area contributed by atoms with Gasteiger partial charge in [-0.3, -0.25) is 0 Å². The van der Waals surface area contributed by atoms with Crippen molar-refractivity contribution in [2.45, 2.75) is 44.6 Å². The number of ether oxygens (including phenoxy) is 1. The van der Waals surface area contributed by atoms with E-state index in [4.69, 9.17) is 4.74 Å². The first-order valence-electron chi connectivity index (χ1n) is 6.11. The van der Waals surface area contributed by atoms with Gasteiger partial charge < -0.3 is 9.84 Å². The number of aliphatic hydroxyl groups excluding tert-OH is 1. The van der Waals surface area contributed by atoms with Crippen LogP contribution in [0.25, 0.3) is 0 Å². The summed E-state index contributed by atoms with van der Waals surface area (Å²) in [5.41, 5.74) is 0.403. The molecule has 0 amide bonds. The van der Waals surface area contributed by atoms with Crippen molar-refractivity contribution >= 4 is 0 Å². The summed E-state index contributed by atoms with van der Waals surface area (Å²) in [6, 6.07) is 0. The third-order valence-corrected chi connectivity index (χ3v) is 4.92. The average Bonchev–Trinajstić information content (AvgIpc) is 2.69. The van der Waals surface area contributed by atoms with Crippen LogP contribution >= 0.6 is 0 Å². The molecule has 3 atom stereocenters. The molecular weight excluding hydrogens is 176 g/mol. The topological polar surface area (TPSA) is 29.5 Å². The summed E-state index contributed by atoms with van der Waals surface area (Å²) in [5, 5.41) is 9.50. The van der Waals surface area contributed by atoms with E-state index in [0.717, 1.165) is 6.61 Å². The quantitative estimate of drug-likeness (QED) is 0.694. The number of fused-ring (bicyclic) bond motifs is 2. The molecule has 3 rings (SSSR count). The minimum absolute atomic E-state index is 0.393. The molecule has 2 aliphatic carbocycles. The van der Waals surface area contributed by atoms with Gasteiger partial charge in [0, 0.05) is 18.6 Å². The second-order valence-corrected chi connectivity index (χ2v) is 5.33. The highest BCUT2D eigenvalue weighted by atomic mass is 16.5. The first-order valence-corrected chi connectivity index (χ1v) is 6.11. The van der Waals surface area contributed by atoms with Gasteiger partial charge in [-0.25, -0.2) is 0 Å². The number of aliphatic hydroxyl groups is 1. The van der Waals surface area contributed by atoms with Crippen molar-refractivity contribution in [1.29, 1.82) is 0 Å². The zero-order valence-electron chi connectivity index (χ0n) is 8.74. The molecule has 2 saturated carbocycles. The molecule has 2 nitrogen and oxygen atoms in total. The smallest absolute Gasteiger partial charge is 0.0666 e. The maximum atomic E-state index is 9.50. The fourth-order valence-corrected chi connectivity index (χ4v) is 4.33. The molecule has 3 fully saturated rings. The van der Waals surface area contributed by atoms with Gasteiger partial charge in [0.25, 0.3) is 0 Å². The van der Waals surface area contributed by atoms with Crippen LogP contribution in [-0.2, 0) is 4.74 Å². The van der Waals surface area contributed by atoms with Crippen LogP contribution in [0, 0.1) is 17.3 Å². The van der Waals surface area contributed by atoms with Gasteiger partial charge >= 0.3 is 0 Å². The predicted molar refractivity (Wildman–Crippen MR) is 53.9 cm³/mol. The Labute approximate surface area is 85.6 Å². The van der Waals surface area contributed by atoms with Crippen molar-refractivity contribution < 1.29 is 9.84 Å². The van der Waals surface area contributed by atoms with Crippen LogP contribution in [0.15, 0.2) is 0 Å². The molecule has 1 heterocycles. The molecule has 0 aromatic rings. The lowest BCUT2D eigenvalue weighted by Crippen LogP contribution is -2.63. The maximum absolute atomic E-state index is 9.50. The molecule has 1 spiro atoms. The Kier molecular flexibility index (Phi) is 2.10. The van der Waals surface area contributed by atoms with E-state index in [2.05, 4.69) is 0 Å². The predicted octanol–water partition coefficient (Wildman–Crippen LogP) is 1.96. The van der Waals surface area contributed by atoms with Gasteiger partial charge in [0.05, 0.1) is 6.10 Å². The Balaban J connectivity index is 1.82. The van der Waals surface area contributed by atoms with Crippen LogP contribution in [0.1, 0.15) is 38.5 Å². The number of hydrogen-bond acceptors (Lipinski definition) is 2. The lowest BCUT2D eigenvalue weighted by atomic mass is 9.49. The van der Waals surface area contributed by atoms with E-state index in [9.17, 15) is 5.11 Å². The van der Waals surface area contributed by atoms with Crippen LogP contribution in [0.3, 0.4) is 0 Å². The van der Waals surface area contributed by atoms with Gasteiger partial charge in [-0.1, -0.05) is 12.8 Å². The summed E-state index contributed by atoms with van der Waals surface area (Å²) in [4.78, 5) is 0. The average molecular weight is 196 g/mol. The van der Waals surface area contributed by atoms with Gasteiger partial charge in [-0.15, -0.1) is 0 Å². The summed E-state index contributed by atoms with van der Waals surface area (Å²) in [7, 11) is 0. The highest BCUT2D eigenvalue weighted by molar-refractivity contribution is 5.11. The molecule has 3 aliphatic rings. The molecule has 1 aliphatic heterocycles. The molecule has 0 bridgehead atoms. The summed E-state index contributed by atoms with van der Waals surface area (Å²) in [5.74, 6) is 1.25. The Hall–Kier alpha value is -0.0800. The normalized spacial score (nSPS) is 44.8. The molecule has 2 heteroatoms. The van der Waals surface area contributed by atoms with E-state index in [0.29, 0.717) is 30.0 Å². The lowest BCUT2D eigenvalue weighted by Gasteiger charge is -2.61. The molecule has 0 aromatic heterocycles. The number of hydrogen-bond donors (Lipinski definition) is 1. The van der Waals surface area contributed by atoms with E-state index in [1.165, 1.54) is 38.5 Å². The molecule has 0 aromatic carbocycles. The highest BCUT2D eigenvalue weighted by Gasteiger charge is 2.62. The van der Waals surface area contributed by atoms with Crippen molar-refractivity contribution in [2.24, 2.45) is 17.3 Å². The van der Waals surface area contributed by atoms with Crippen LogP contribution in [0.2, 0.25) is 0 Å². The zero-order chi connectivity index (χ0) is 9.60. The van der Waals surface area contributed by atoms with E-state index in [1.807, 2.05) is 0 Å². The van der Waals surface area contributed by atoms with Crippen molar-refractivity contribution in [2.75, 3.05) is 13.2 Å². The molecule has 0 radical (unpaired) electrons. The summed E-state index contributed by atoms with van der Waals surface area (Å²) >= 11 is 0. The highest BCUT2D eigenvalue weighted by Crippen LogP contribution is 2.63. The Morgan fingerprint density at radius 3 is 2.71 bits per heavy atom. The third kappa shape index (κ3) is 0.989. The van der Waals surface area contributed by atoms with Crippen molar-refractivity contribution in [3.05, 3.63) is 0 Å². The molecule has 0 unspecified atom stereocenters. The van der Waals surface area contributed by atoms with Crippen LogP contribution in [-0.4, -0.2) is 24.4 Å². The monoisotopic (exact) mass is 196 g/mol. The Morgan fingerprint density at radius 1 is 1.21 bits per heavy atom. The molecule has 1 N–H and O–H groups in total. The summed E-state index contributed by atoms with van der Waals surface area (Å²) < 4.78 is 5.94. The van der Waals surface area contributed by atoms with Gasteiger partial charge in [0.15, 0.2) is 0 Å². The Bertz CT molecular complexity index is 212. The van der Waals surface area contributed by atoms with Gasteiger partial charge in [0.1, 0.15) is 0 Å². The molecule has 1 saturated heterocycles. The Morgan fingerprint density at radius 2 is 2.00 bits per heavy atom. The number of rotatable bonds is 1. The molecular formula is C12H20O2. The SMILES string of the molecule is OC[C@@H]1[C@@H]2CCCO[C@@H]2C12CCCC2. The minimum atomic E-state index is 0.393. The van der Waals surface area contributed by atoms with Crippen molar-refractivity contribution in [1.82, 2.24) is 0 Å². The van der Waals surface area contributed by atoms with Crippen molar-refractivity contribution in [3.8, 4) is 0 Å². The maximum Gasteiger partial charge on any atom is 0.0666 e. The van der Waals surface area contributed by atoms with Gasteiger partial charge in [0.2, 0.25) is 0 Å². The van der Waals surface area contributed by atoms with E-state index < -0.39 is 0 Å². The fraction of sp³-hybridized carbons (Fsp3) is 1.00. The summed E-state index contributed by atoms with van der Waals surface area (Å²) in [6.45, 7) is 1.35. The van der Waals surface area contributed by atoms with Crippen molar-refractivity contribution in [3.63, 3.8) is 0 Å². The third-order valence-electron chi connectivity index (χ3n) is 4.92. The largest absolute Gasteiger partial charge is 0.396 e. The van der Waals surface area contributed by atoms with Gasteiger partial charge in [-0.2, -0.15) is 0 Å². The standard InChI is InChI=1S/C12H20O2/c13-8-10-9-4-3-7-14-11(9)12(10)5-1-2-6-12/h9-11,13H,1-8H2/t9-,10+,11-/m0/s1. The van der Waals surface area contributed by atoms with Gasteiger partial charge in [-0.05, 0) is 37.5 Å². The molecule has 14 heavy (non-hydrogen) atoms. The van der Waals surface area contributed by atoms with E-state index >= 15 is 0 Å². The van der Waals surface area contributed by atoms with Crippen LogP contribution in [0.4, 0.5) is 0 Å². The first-order chi connectivity index (χ1) is 6.88. The fourth-order valence-electron chi connectivity index (χ4n) is 4.33. The van der Waals surface area contributed by atoms with E-state index in [-0.39, 0.29) is 0 Å². The first kappa shape index (κ1) is 9.17. The van der Waals surface area contributed by atoms with E-state index in [1.54, 1.807) is 0 Å². The second-order valence-electron chi connectivity index (χ2n) is 5.33.